The molecule has 0 amide bonds. The van der Waals surface area contributed by atoms with Crippen LogP contribution in [0.2, 0.25) is 0 Å². The predicted octanol–water partition coefficient (Wildman–Crippen LogP) is 5.39. The molecule has 0 bridgehead atoms. The first-order valence-electron chi connectivity index (χ1n) is 7.81. The zero-order valence-electron chi connectivity index (χ0n) is 12.4. The van der Waals surface area contributed by atoms with Gasteiger partial charge in [-0.2, -0.15) is 0 Å². The summed E-state index contributed by atoms with van der Waals surface area (Å²) in [5, 5.41) is 2.58. The first kappa shape index (κ1) is 11.9. The van der Waals surface area contributed by atoms with Gasteiger partial charge >= 0.3 is 0 Å². The van der Waals surface area contributed by atoms with Crippen LogP contribution in [0.15, 0.2) is 59.6 Å². The SMILES string of the molecule is CCc1ccc2c(c1)C1=Nc3ccc4ccccc4c3C1=C2. The summed E-state index contributed by atoms with van der Waals surface area (Å²) in [6, 6.07) is 19.6. The fourth-order valence-electron chi connectivity index (χ4n) is 3.59. The number of hydrogen-bond acceptors (Lipinski definition) is 1. The fourth-order valence-corrected chi connectivity index (χ4v) is 3.59. The lowest BCUT2D eigenvalue weighted by atomic mass is 9.97. The molecular weight excluding hydrogens is 266 g/mol. The van der Waals surface area contributed by atoms with Crippen LogP contribution < -0.4 is 0 Å². The minimum atomic E-state index is 1.06. The van der Waals surface area contributed by atoms with Crippen LogP contribution in [0.1, 0.15) is 29.2 Å². The third-order valence-electron chi connectivity index (χ3n) is 4.74. The van der Waals surface area contributed by atoms with Crippen molar-refractivity contribution < 1.29 is 0 Å². The van der Waals surface area contributed by atoms with Crippen molar-refractivity contribution in [2.24, 2.45) is 4.99 Å². The lowest BCUT2D eigenvalue weighted by Gasteiger charge is -2.05. The van der Waals surface area contributed by atoms with Gasteiger partial charge in [0, 0.05) is 16.7 Å². The Hall–Kier alpha value is -2.67. The molecule has 1 aliphatic carbocycles. The van der Waals surface area contributed by atoms with Crippen molar-refractivity contribution in [3.63, 3.8) is 0 Å². The molecule has 2 aliphatic rings. The Labute approximate surface area is 129 Å². The largest absolute Gasteiger partial charge is 0.247 e. The molecule has 5 rings (SSSR count). The third-order valence-corrected chi connectivity index (χ3v) is 4.74. The molecule has 104 valence electrons. The monoisotopic (exact) mass is 281 g/mol. The van der Waals surface area contributed by atoms with E-state index in [0.29, 0.717) is 0 Å². The number of fused-ring (bicyclic) bond motifs is 7. The number of allylic oxidation sites excluding steroid dienone is 1. The lowest BCUT2D eigenvalue weighted by molar-refractivity contribution is 1.14. The van der Waals surface area contributed by atoms with E-state index in [1.165, 1.54) is 38.6 Å². The van der Waals surface area contributed by atoms with E-state index in [1.807, 2.05) is 0 Å². The first-order chi connectivity index (χ1) is 10.8. The molecule has 0 fully saturated rings. The van der Waals surface area contributed by atoms with Gasteiger partial charge in [-0.3, -0.25) is 0 Å². The van der Waals surface area contributed by atoms with E-state index in [4.69, 9.17) is 4.99 Å². The number of aryl methyl sites for hydroxylation is 1. The quantitative estimate of drug-likeness (QED) is 0.567. The molecule has 3 aromatic carbocycles. The summed E-state index contributed by atoms with van der Waals surface area (Å²) in [6.45, 7) is 2.20. The van der Waals surface area contributed by atoms with Crippen LogP contribution in [0.4, 0.5) is 5.69 Å². The maximum Gasteiger partial charge on any atom is 0.0795 e. The van der Waals surface area contributed by atoms with Gasteiger partial charge < -0.3 is 0 Å². The highest BCUT2D eigenvalue weighted by atomic mass is 14.8. The van der Waals surface area contributed by atoms with Crippen molar-refractivity contribution in [3.8, 4) is 0 Å². The van der Waals surface area contributed by atoms with Crippen LogP contribution in [0.3, 0.4) is 0 Å². The molecule has 0 spiro atoms. The summed E-state index contributed by atoms with van der Waals surface area (Å²) in [5.41, 5.74) is 8.79. The van der Waals surface area contributed by atoms with Gasteiger partial charge in [-0.1, -0.05) is 49.4 Å². The number of rotatable bonds is 1. The van der Waals surface area contributed by atoms with Gasteiger partial charge in [-0.15, -0.1) is 0 Å². The van der Waals surface area contributed by atoms with Crippen LogP contribution in [0.5, 0.6) is 0 Å². The Balaban J connectivity index is 1.78. The Morgan fingerprint density at radius 1 is 0.955 bits per heavy atom. The molecule has 22 heavy (non-hydrogen) atoms. The molecule has 0 radical (unpaired) electrons. The Kier molecular flexibility index (Phi) is 2.26. The second kappa shape index (κ2) is 4.17. The number of aliphatic imine (C=N–C) groups is 1. The zero-order valence-corrected chi connectivity index (χ0v) is 12.4. The molecule has 0 unspecified atom stereocenters. The molecule has 0 atom stereocenters. The number of benzene rings is 3. The molecule has 1 aliphatic heterocycles. The van der Waals surface area contributed by atoms with E-state index < -0.39 is 0 Å². The third kappa shape index (κ3) is 1.46. The molecular formula is C21H15N. The Morgan fingerprint density at radius 3 is 2.77 bits per heavy atom. The number of nitrogens with zero attached hydrogens (tertiary/aromatic N) is 1. The van der Waals surface area contributed by atoms with Crippen molar-refractivity contribution in [2.75, 3.05) is 0 Å². The van der Waals surface area contributed by atoms with E-state index >= 15 is 0 Å². The molecule has 0 aromatic heterocycles. The van der Waals surface area contributed by atoms with Gasteiger partial charge in [0.05, 0.1) is 11.4 Å². The highest BCUT2D eigenvalue weighted by molar-refractivity contribution is 6.44. The topological polar surface area (TPSA) is 12.4 Å². The smallest absolute Gasteiger partial charge is 0.0795 e. The molecule has 1 nitrogen and oxygen atoms in total. The van der Waals surface area contributed by atoms with Gasteiger partial charge in [0.1, 0.15) is 0 Å². The first-order valence-corrected chi connectivity index (χ1v) is 7.81. The maximum atomic E-state index is 4.93. The molecule has 0 saturated carbocycles. The molecule has 0 N–H and O–H groups in total. The van der Waals surface area contributed by atoms with Crippen LogP contribution >= 0.6 is 0 Å². The van der Waals surface area contributed by atoms with Crippen LogP contribution in [0.25, 0.3) is 22.4 Å². The van der Waals surface area contributed by atoms with Gasteiger partial charge in [0.2, 0.25) is 0 Å². The van der Waals surface area contributed by atoms with Crippen LogP contribution in [-0.2, 0) is 6.42 Å². The van der Waals surface area contributed by atoms with E-state index in [-0.39, 0.29) is 0 Å². The van der Waals surface area contributed by atoms with Gasteiger partial charge in [0.25, 0.3) is 0 Å². The van der Waals surface area contributed by atoms with E-state index in [2.05, 4.69) is 67.6 Å². The van der Waals surface area contributed by atoms with E-state index in [1.54, 1.807) is 0 Å². The lowest BCUT2D eigenvalue weighted by Crippen LogP contribution is -1.96. The fraction of sp³-hybridized carbons (Fsp3) is 0.0952. The van der Waals surface area contributed by atoms with Crippen molar-refractivity contribution in [3.05, 3.63) is 76.9 Å². The maximum absolute atomic E-state index is 4.93. The summed E-state index contributed by atoms with van der Waals surface area (Å²) in [4.78, 5) is 4.93. The Bertz CT molecular complexity index is 1010. The summed E-state index contributed by atoms with van der Waals surface area (Å²) < 4.78 is 0. The average Bonchev–Trinajstić information content (AvgIpc) is 3.10. The van der Waals surface area contributed by atoms with Crippen molar-refractivity contribution in [1.82, 2.24) is 0 Å². The van der Waals surface area contributed by atoms with E-state index in [9.17, 15) is 0 Å². The van der Waals surface area contributed by atoms with Gasteiger partial charge in [-0.25, -0.2) is 4.99 Å². The second-order valence-corrected chi connectivity index (χ2v) is 5.97. The summed E-state index contributed by atoms with van der Waals surface area (Å²) in [5.74, 6) is 0. The van der Waals surface area contributed by atoms with Gasteiger partial charge in [-0.05, 0) is 46.5 Å². The predicted molar refractivity (Wildman–Crippen MR) is 93.8 cm³/mol. The standard InChI is InChI=1S/C21H15N/c1-2-13-7-8-15-12-18-20-16-6-4-3-5-14(16)9-10-19(20)22-21(18)17(15)11-13/h3-12H,2H2,1H3. The molecule has 1 heterocycles. The highest BCUT2D eigenvalue weighted by Crippen LogP contribution is 2.46. The minimum absolute atomic E-state index is 1.06. The minimum Gasteiger partial charge on any atom is -0.247 e. The average molecular weight is 281 g/mol. The van der Waals surface area contributed by atoms with E-state index in [0.717, 1.165) is 17.8 Å². The molecule has 1 heteroatoms. The van der Waals surface area contributed by atoms with Crippen LogP contribution in [0, 0.1) is 0 Å². The number of hydrogen-bond donors (Lipinski definition) is 0. The Morgan fingerprint density at radius 2 is 1.86 bits per heavy atom. The highest BCUT2D eigenvalue weighted by Gasteiger charge is 2.29. The zero-order chi connectivity index (χ0) is 14.7. The van der Waals surface area contributed by atoms with Gasteiger partial charge in [0.15, 0.2) is 0 Å². The molecule has 3 aromatic rings. The van der Waals surface area contributed by atoms with Crippen molar-refractivity contribution in [1.29, 1.82) is 0 Å². The summed E-state index contributed by atoms with van der Waals surface area (Å²) in [7, 11) is 0. The normalized spacial score (nSPS) is 14.4. The molecule has 0 saturated heterocycles. The second-order valence-electron chi connectivity index (χ2n) is 5.97. The summed E-state index contributed by atoms with van der Waals surface area (Å²) >= 11 is 0. The summed E-state index contributed by atoms with van der Waals surface area (Å²) in [6.07, 6.45) is 3.36. The van der Waals surface area contributed by atoms with Crippen LogP contribution in [-0.4, -0.2) is 5.71 Å². The van der Waals surface area contributed by atoms with Crippen molar-refractivity contribution in [2.45, 2.75) is 13.3 Å². The van der Waals surface area contributed by atoms with Crippen molar-refractivity contribution >= 4 is 33.8 Å².